The molecule has 136 valence electrons. The highest BCUT2D eigenvalue weighted by Crippen LogP contribution is 2.16. The molecule has 4 aromatic heterocycles. The number of hydrogen-bond acceptors (Lipinski definition) is 4. The second kappa shape index (κ2) is 6.69. The van der Waals surface area contributed by atoms with Gasteiger partial charge in [0.2, 0.25) is 0 Å². The van der Waals surface area contributed by atoms with E-state index in [4.69, 9.17) is 0 Å². The van der Waals surface area contributed by atoms with E-state index < -0.39 is 12.0 Å². The van der Waals surface area contributed by atoms with Crippen LogP contribution in [0.3, 0.4) is 0 Å². The maximum Gasteiger partial charge on any atom is 0.270 e. The molecule has 0 fully saturated rings. The van der Waals surface area contributed by atoms with Crippen molar-refractivity contribution in [3.63, 3.8) is 0 Å². The first kappa shape index (κ1) is 17.0. The number of nitrogens with zero attached hydrogens (tertiary/aromatic N) is 3. The Bertz CT molecular complexity index is 1210. The largest absolute Gasteiger partial charge is 0.389 e. The van der Waals surface area contributed by atoms with Crippen LogP contribution in [0.1, 0.15) is 34.6 Å². The predicted molar refractivity (Wildman–Crippen MR) is 101 cm³/mol. The molecule has 0 saturated heterocycles. The number of aliphatic hydroxyl groups is 1. The van der Waals surface area contributed by atoms with Crippen LogP contribution in [0.5, 0.6) is 0 Å². The Hall–Kier alpha value is -3.45. The van der Waals surface area contributed by atoms with Crippen LogP contribution in [0.25, 0.3) is 11.2 Å². The summed E-state index contributed by atoms with van der Waals surface area (Å²) < 4.78 is 3.29. The van der Waals surface area contributed by atoms with Gasteiger partial charge in [0.1, 0.15) is 11.3 Å². The van der Waals surface area contributed by atoms with Gasteiger partial charge in [0.15, 0.2) is 0 Å². The lowest BCUT2D eigenvalue weighted by atomic mass is 10.2. The molecule has 0 bridgehead atoms. The molecule has 0 aliphatic heterocycles. The summed E-state index contributed by atoms with van der Waals surface area (Å²) in [5.74, 6) is -0.404. The molecule has 27 heavy (non-hydrogen) atoms. The van der Waals surface area contributed by atoms with Crippen molar-refractivity contribution in [1.82, 2.24) is 19.1 Å². The summed E-state index contributed by atoms with van der Waals surface area (Å²) >= 11 is 0. The van der Waals surface area contributed by atoms with Crippen molar-refractivity contribution in [3.8, 4) is 0 Å². The molecule has 0 aliphatic rings. The zero-order valence-electron chi connectivity index (χ0n) is 14.7. The van der Waals surface area contributed by atoms with E-state index in [0.717, 1.165) is 16.6 Å². The smallest absolute Gasteiger partial charge is 0.270 e. The molecular weight excluding hydrogens is 344 g/mol. The minimum Gasteiger partial charge on any atom is -0.389 e. The molecule has 0 radical (unpaired) electrons. The summed E-state index contributed by atoms with van der Waals surface area (Å²) in [6.45, 7) is 2.02. The zero-order valence-corrected chi connectivity index (χ0v) is 14.7. The van der Waals surface area contributed by atoms with Crippen LogP contribution >= 0.6 is 0 Å². The molecule has 0 aliphatic carbocycles. The summed E-state index contributed by atoms with van der Waals surface area (Å²) in [5, 5.41) is 12.5. The van der Waals surface area contributed by atoms with Crippen molar-refractivity contribution in [2.45, 2.75) is 19.6 Å². The maximum atomic E-state index is 12.4. The van der Waals surface area contributed by atoms with E-state index in [9.17, 15) is 14.7 Å². The highest BCUT2D eigenvalue weighted by molar-refractivity contribution is 5.92. The first-order valence-electron chi connectivity index (χ1n) is 8.56. The van der Waals surface area contributed by atoms with Gasteiger partial charge in [-0.25, -0.2) is 4.98 Å². The van der Waals surface area contributed by atoms with Gasteiger partial charge in [0.05, 0.1) is 6.10 Å². The molecule has 0 aromatic carbocycles. The third-order valence-electron chi connectivity index (χ3n) is 4.41. The van der Waals surface area contributed by atoms with Crippen LogP contribution in [0.4, 0.5) is 0 Å². The summed E-state index contributed by atoms with van der Waals surface area (Å²) in [7, 11) is 0. The lowest BCUT2D eigenvalue weighted by molar-refractivity contribution is 0.0946. The summed E-state index contributed by atoms with van der Waals surface area (Å²) in [5.41, 5.74) is 2.90. The monoisotopic (exact) mass is 362 g/mol. The average molecular weight is 362 g/mol. The van der Waals surface area contributed by atoms with Crippen molar-refractivity contribution in [2.75, 3.05) is 0 Å². The lowest BCUT2D eigenvalue weighted by Gasteiger charge is -2.05. The quantitative estimate of drug-likeness (QED) is 0.581. The van der Waals surface area contributed by atoms with Gasteiger partial charge in [0.25, 0.3) is 11.5 Å². The number of aliphatic hydroxyl groups excluding tert-OH is 1. The van der Waals surface area contributed by atoms with Crippen molar-refractivity contribution in [3.05, 3.63) is 88.2 Å². The number of carbonyl (C=O) groups is 1. The number of hydrogen-bond donors (Lipinski definition) is 2. The van der Waals surface area contributed by atoms with Crippen LogP contribution < -0.4 is 10.9 Å². The third kappa shape index (κ3) is 3.32. The van der Waals surface area contributed by atoms with Crippen LogP contribution in [0.15, 0.2) is 65.8 Å². The number of nitrogens with one attached hydrogen (secondary N) is 1. The van der Waals surface area contributed by atoms with Crippen LogP contribution in [-0.4, -0.2) is 24.8 Å². The Kier molecular flexibility index (Phi) is 4.21. The van der Waals surface area contributed by atoms with Gasteiger partial charge in [-0.05, 0) is 42.3 Å². The molecule has 7 heteroatoms. The Morgan fingerprint density at radius 2 is 2.07 bits per heavy atom. The van der Waals surface area contributed by atoms with Gasteiger partial charge in [-0.2, -0.15) is 0 Å². The number of amides is 1. The maximum absolute atomic E-state index is 12.4. The van der Waals surface area contributed by atoms with Crippen LogP contribution in [-0.2, 0) is 6.54 Å². The first-order chi connectivity index (χ1) is 13.0. The Morgan fingerprint density at radius 1 is 1.22 bits per heavy atom. The van der Waals surface area contributed by atoms with E-state index in [2.05, 4.69) is 10.3 Å². The average Bonchev–Trinajstić information content (AvgIpc) is 3.08. The molecule has 1 unspecified atom stereocenters. The molecule has 0 saturated carbocycles. The molecular formula is C20H18N4O3. The summed E-state index contributed by atoms with van der Waals surface area (Å²) in [6, 6.07) is 12.1. The Balaban J connectivity index is 1.54. The fourth-order valence-electron chi connectivity index (χ4n) is 2.97. The number of rotatable bonds is 4. The molecule has 0 spiro atoms. The number of fused-ring (bicyclic) bond motifs is 2. The highest BCUT2D eigenvalue weighted by Gasteiger charge is 2.11. The van der Waals surface area contributed by atoms with Crippen molar-refractivity contribution >= 4 is 17.1 Å². The van der Waals surface area contributed by atoms with Crippen molar-refractivity contribution in [1.29, 1.82) is 0 Å². The van der Waals surface area contributed by atoms with E-state index in [1.54, 1.807) is 31.3 Å². The molecule has 4 rings (SSSR count). The molecule has 2 N–H and O–H groups in total. The van der Waals surface area contributed by atoms with E-state index in [-0.39, 0.29) is 11.3 Å². The highest BCUT2D eigenvalue weighted by atomic mass is 16.3. The van der Waals surface area contributed by atoms with Gasteiger partial charge in [-0.1, -0.05) is 12.1 Å². The lowest BCUT2D eigenvalue weighted by Crippen LogP contribution is -2.26. The minimum absolute atomic E-state index is 0.0892. The van der Waals surface area contributed by atoms with E-state index in [1.165, 1.54) is 10.5 Å². The van der Waals surface area contributed by atoms with E-state index in [1.807, 2.05) is 35.0 Å². The third-order valence-corrected chi connectivity index (χ3v) is 4.41. The van der Waals surface area contributed by atoms with E-state index in [0.29, 0.717) is 12.2 Å². The number of carbonyl (C=O) groups excluding carboxylic acids is 1. The Labute approximate surface area is 154 Å². The number of pyridine rings is 2. The molecule has 7 nitrogen and oxygen atoms in total. The van der Waals surface area contributed by atoms with Gasteiger partial charge < -0.3 is 14.8 Å². The Morgan fingerprint density at radius 3 is 2.89 bits per heavy atom. The van der Waals surface area contributed by atoms with Gasteiger partial charge in [-0.15, -0.1) is 0 Å². The molecule has 4 heterocycles. The predicted octanol–water partition coefficient (Wildman–Crippen LogP) is 1.93. The van der Waals surface area contributed by atoms with Gasteiger partial charge in [0, 0.05) is 36.7 Å². The van der Waals surface area contributed by atoms with Crippen LogP contribution in [0.2, 0.25) is 0 Å². The van der Waals surface area contributed by atoms with Gasteiger partial charge in [-0.3, -0.25) is 14.0 Å². The van der Waals surface area contributed by atoms with Crippen LogP contribution in [0, 0.1) is 0 Å². The molecule has 1 atom stereocenters. The summed E-state index contributed by atoms with van der Waals surface area (Å²) in [6.07, 6.45) is 4.82. The fraction of sp³-hybridized carbons (Fsp3) is 0.150. The van der Waals surface area contributed by atoms with E-state index >= 15 is 0 Å². The normalized spacial score (nSPS) is 12.4. The topological polar surface area (TPSA) is 88.1 Å². The fourth-order valence-corrected chi connectivity index (χ4v) is 2.97. The first-order valence-corrected chi connectivity index (χ1v) is 8.56. The van der Waals surface area contributed by atoms with Gasteiger partial charge >= 0.3 is 0 Å². The van der Waals surface area contributed by atoms with Crippen molar-refractivity contribution < 1.29 is 9.90 Å². The molecule has 1 amide bonds. The zero-order chi connectivity index (χ0) is 19.0. The number of aromatic nitrogens is 3. The summed E-state index contributed by atoms with van der Waals surface area (Å²) in [4.78, 5) is 28.8. The second-order valence-electron chi connectivity index (χ2n) is 6.41. The van der Waals surface area contributed by atoms with Crippen molar-refractivity contribution in [2.24, 2.45) is 0 Å². The SMILES string of the molecule is CC(O)c1ccc2cc(CNC(=O)c3cc(=O)n4ccccc4n3)cn2c1. The molecule has 4 aromatic rings. The standard InChI is InChI=1S/C20H18N4O3/c1-13(25)15-5-6-16-8-14(11-23(16)12-15)10-21-20(27)17-9-19(26)24-7-3-2-4-18(24)22-17/h2-9,11-13,25H,10H2,1H3,(H,21,27). The second-order valence-corrected chi connectivity index (χ2v) is 6.41. The minimum atomic E-state index is -0.543.